The highest BCUT2D eigenvalue weighted by Crippen LogP contribution is 2.17. The van der Waals surface area contributed by atoms with E-state index in [4.69, 9.17) is 17.3 Å². The second-order valence-electron chi connectivity index (χ2n) is 4.59. The molecule has 0 aliphatic carbocycles. The van der Waals surface area contributed by atoms with E-state index in [2.05, 4.69) is 6.92 Å². The molecule has 1 aromatic carbocycles. The van der Waals surface area contributed by atoms with Crippen LogP contribution in [0.4, 0.5) is 5.69 Å². The van der Waals surface area contributed by atoms with Crippen LogP contribution in [0.25, 0.3) is 0 Å². The van der Waals surface area contributed by atoms with Gasteiger partial charge in [-0.15, -0.1) is 0 Å². The van der Waals surface area contributed by atoms with Crippen LogP contribution in [0.2, 0.25) is 5.02 Å². The molecule has 19 heavy (non-hydrogen) atoms. The molecule has 0 spiro atoms. The molecule has 5 heteroatoms. The molecule has 0 unspecified atom stereocenters. The molecule has 4 nitrogen and oxygen atoms in total. The second kappa shape index (κ2) is 5.53. The Morgan fingerprint density at radius 2 is 2.00 bits per heavy atom. The lowest BCUT2D eigenvalue weighted by molar-refractivity contribution is 0.516. The predicted octanol–water partition coefficient (Wildman–Crippen LogP) is 2.42. The number of hydrogen-bond donors (Lipinski definition) is 1. The van der Waals surface area contributed by atoms with Crippen LogP contribution in [0.1, 0.15) is 24.6 Å². The monoisotopic (exact) mass is 279 g/mol. The first-order valence-corrected chi connectivity index (χ1v) is 6.71. The minimum Gasteiger partial charge on any atom is -0.393 e. The molecular formula is C14H18ClN3O. The number of nitrogens with zero attached hydrogens (tertiary/aromatic N) is 2. The van der Waals surface area contributed by atoms with Gasteiger partial charge in [0.1, 0.15) is 5.69 Å². The van der Waals surface area contributed by atoms with E-state index in [1.807, 2.05) is 36.0 Å². The highest BCUT2D eigenvalue weighted by atomic mass is 35.5. The van der Waals surface area contributed by atoms with E-state index in [1.165, 1.54) is 0 Å². The van der Waals surface area contributed by atoms with Gasteiger partial charge in [-0.25, -0.2) is 4.68 Å². The maximum absolute atomic E-state index is 12.2. The molecule has 0 bridgehead atoms. The van der Waals surface area contributed by atoms with Gasteiger partial charge in [0.25, 0.3) is 5.56 Å². The Kier molecular flexibility index (Phi) is 4.00. The fourth-order valence-electron chi connectivity index (χ4n) is 2.22. The van der Waals surface area contributed by atoms with E-state index in [0.717, 1.165) is 24.1 Å². The molecule has 0 atom stereocenters. The Morgan fingerprint density at radius 3 is 2.63 bits per heavy atom. The van der Waals surface area contributed by atoms with Gasteiger partial charge < -0.3 is 5.73 Å². The number of aromatic nitrogens is 2. The SMILES string of the molecule is CCCc1c(N)c(=O)n(Cc2ccccc2Cl)n1C. The fraction of sp³-hybridized carbons (Fsp3) is 0.357. The van der Waals surface area contributed by atoms with Crippen molar-refractivity contribution in [1.29, 1.82) is 0 Å². The lowest BCUT2D eigenvalue weighted by atomic mass is 10.2. The van der Waals surface area contributed by atoms with E-state index < -0.39 is 0 Å². The van der Waals surface area contributed by atoms with Crippen LogP contribution in [0.15, 0.2) is 29.1 Å². The maximum atomic E-state index is 12.2. The summed E-state index contributed by atoms with van der Waals surface area (Å²) in [7, 11) is 1.86. The highest BCUT2D eigenvalue weighted by Gasteiger charge is 2.15. The van der Waals surface area contributed by atoms with Crippen molar-refractivity contribution in [2.45, 2.75) is 26.3 Å². The minimum atomic E-state index is -0.147. The van der Waals surface area contributed by atoms with Crippen molar-refractivity contribution >= 4 is 17.3 Å². The normalized spacial score (nSPS) is 10.9. The first-order chi connectivity index (χ1) is 9.06. The van der Waals surface area contributed by atoms with Gasteiger partial charge in [0.05, 0.1) is 12.2 Å². The molecule has 1 aromatic heterocycles. The van der Waals surface area contributed by atoms with E-state index in [1.54, 1.807) is 4.68 Å². The largest absolute Gasteiger partial charge is 0.393 e. The molecule has 0 saturated carbocycles. The van der Waals surface area contributed by atoms with Gasteiger partial charge in [-0.2, -0.15) is 0 Å². The molecule has 2 aromatic rings. The zero-order valence-corrected chi connectivity index (χ0v) is 11.9. The first-order valence-electron chi connectivity index (χ1n) is 6.33. The molecule has 1 heterocycles. The Balaban J connectivity index is 2.44. The molecule has 2 rings (SSSR count). The summed E-state index contributed by atoms with van der Waals surface area (Å²) in [6, 6.07) is 7.51. The standard InChI is InChI=1S/C14H18ClN3O/c1-3-6-12-13(16)14(19)18(17(12)2)9-10-7-4-5-8-11(10)15/h4-5,7-8H,3,6,9,16H2,1-2H3. The number of anilines is 1. The summed E-state index contributed by atoms with van der Waals surface area (Å²) in [6.07, 6.45) is 1.75. The lowest BCUT2D eigenvalue weighted by Gasteiger charge is -2.10. The van der Waals surface area contributed by atoms with Crippen molar-refractivity contribution < 1.29 is 0 Å². The van der Waals surface area contributed by atoms with Gasteiger partial charge in [-0.05, 0) is 18.1 Å². The van der Waals surface area contributed by atoms with E-state index in [9.17, 15) is 4.79 Å². The summed E-state index contributed by atoms with van der Waals surface area (Å²) in [5, 5.41) is 0.659. The number of halogens is 1. The van der Waals surface area contributed by atoms with Gasteiger partial charge in [0, 0.05) is 12.1 Å². The topological polar surface area (TPSA) is 53.0 Å². The van der Waals surface area contributed by atoms with Gasteiger partial charge in [0.15, 0.2) is 0 Å². The smallest absolute Gasteiger partial charge is 0.290 e. The summed E-state index contributed by atoms with van der Waals surface area (Å²) < 4.78 is 3.46. The highest BCUT2D eigenvalue weighted by molar-refractivity contribution is 6.31. The molecule has 102 valence electrons. The average molecular weight is 280 g/mol. The zero-order chi connectivity index (χ0) is 14.0. The first kappa shape index (κ1) is 13.7. The molecule has 0 fully saturated rings. The van der Waals surface area contributed by atoms with Crippen LogP contribution in [0.5, 0.6) is 0 Å². The Hall–Kier alpha value is -1.68. The number of nitrogen functional groups attached to an aromatic ring is 1. The summed E-state index contributed by atoms with van der Waals surface area (Å²) in [5.41, 5.74) is 7.89. The molecule has 0 saturated heterocycles. The molecular weight excluding hydrogens is 262 g/mol. The minimum absolute atomic E-state index is 0.147. The Labute approximate surface area is 117 Å². The van der Waals surface area contributed by atoms with E-state index in [0.29, 0.717) is 17.3 Å². The Bertz CT molecular complexity index is 643. The summed E-state index contributed by atoms with van der Waals surface area (Å²) >= 11 is 6.13. The fourth-order valence-corrected chi connectivity index (χ4v) is 2.41. The van der Waals surface area contributed by atoms with Gasteiger partial charge >= 0.3 is 0 Å². The quantitative estimate of drug-likeness (QED) is 0.934. The number of nitrogens with two attached hydrogens (primary N) is 1. The summed E-state index contributed by atoms with van der Waals surface area (Å²) in [5.74, 6) is 0. The number of hydrogen-bond acceptors (Lipinski definition) is 2. The van der Waals surface area contributed by atoms with Crippen LogP contribution in [0, 0.1) is 0 Å². The van der Waals surface area contributed by atoms with Gasteiger partial charge in [-0.1, -0.05) is 43.1 Å². The van der Waals surface area contributed by atoms with Crippen LogP contribution >= 0.6 is 11.6 Å². The average Bonchev–Trinajstić information content (AvgIpc) is 2.59. The second-order valence-corrected chi connectivity index (χ2v) is 5.00. The van der Waals surface area contributed by atoms with Crippen LogP contribution < -0.4 is 11.3 Å². The van der Waals surface area contributed by atoms with Crippen molar-refractivity contribution in [3.63, 3.8) is 0 Å². The Morgan fingerprint density at radius 1 is 1.32 bits per heavy atom. The van der Waals surface area contributed by atoms with Gasteiger partial charge in [-0.3, -0.25) is 9.48 Å². The van der Waals surface area contributed by atoms with Gasteiger partial charge in [0.2, 0.25) is 0 Å². The summed E-state index contributed by atoms with van der Waals surface area (Å²) in [6.45, 7) is 2.50. The van der Waals surface area contributed by atoms with E-state index in [-0.39, 0.29) is 5.56 Å². The zero-order valence-electron chi connectivity index (χ0n) is 11.2. The van der Waals surface area contributed by atoms with Crippen molar-refractivity contribution in [3.05, 3.63) is 50.9 Å². The van der Waals surface area contributed by atoms with Crippen molar-refractivity contribution in [2.24, 2.45) is 7.05 Å². The third-order valence-electron chi connectivity index (χ3n) is 3.29. The van der Waals surface area contributed by atoms with Crippen LogP contribution in [0.3, 0.4) is 0 Å². The third kappa shape index (κ3) is 2.54. The molecule has 0 amide bonds. The number of benzene rings is 1. The lowest BCUT2D eigenvalue weighted by Crippen LogP contribution is -2.23. The predicted molar refractivity (Wildman–Crippen MR) is 78.6 cm³/mol. The molecule has 2 N–H and O–H groups in total. The maximum Gasteiger partial charge on any atom is 0.290 e. The third-order valence-corrected chi connectivity index (χ3v) is 3.66. The van der Waals surface area contributed by atoms with Crippen molar-refractivity contribution in [3.8, 4) is 0 Å². The molecule has 0 aliphatic rings. The van der Waals surface area contributed by atoms with Crippen LogP contribution in [-0.2, 0) is 20.0 Å². The molecule has 0 aliphatic heterocycles. The molecule has 0 radical (unpaired) electrons. The number of rotatable bonds is 4. The summed E-state index contributed by atoms with van der Waals surface area (Å²) in [4.78, 5) is 12.2. The van der Waals surface area contributed by atoms with Crippen molar-refractivity contribution in [1.82, 2.24) is 9.36 Å². The van der Waals surface area contributed by atoms with Crippen molar-refractivity contribution in [2.75, 3.05) is 5.73 Å². The van der Waals surface area contributed by atoms with E-state index >= 15 is 0 Å². The van der Waals surface area contributed by atoms with Crippen LogP contribution in [-0.4, -0.2) is 9.36 Å².